The SMILES string of the molecule is CCc1ccccc1N=C1S/C(=C/c2cc(OC)c(OC)cc2[N+](=O)[O-])C(=O)N1C. The molecule has 0 aliphatic carbocycles. The Bertz CT molecular complexity index is 1060. The van der Waals surface area contributed by atoms with Crippen molar-refractivity contribution < 1.29 is 19.2 Å². The third kappa shape index (κ3) is 4.16. The van der Waals surface area contributed by atoms with Gasteiger partial charge in [-0.2, -0.15) is 0 Å². The van der Waals surface area contributed by atoms with E-state index in [4.69, 9.17) is 9.47 Å². The Morgan fingerprint density at radius 3 is 2.50 bits per heavy atom. The summed E-state index contributed by atoms with van der Waals surface area (Å²) in [4.78, 5) is 30.2. The van der Waals surface area contributed by atoms with E-state index in [2.05, 4.69) is 4.99 Å². The van der Waals surface area contributed by atoms with E-state index >= 15 is 0 Å². The number of carbonyl (C=O) groups is 1. The van der Waals surface area contributed by atoms with Crippen LogP contribution in [0.25, 0.3) is 6.08 Å². The number of aliphatic imine (C=N–C) groups is 1. The zero-order valence-electron chi connectivity index (χ0n) is 17.0. The van der Waals surface area contributed by atoms with Crippen molar-refractivity contribution in [3.63, 3.8) is 0 Å². The second kappa shape index (κ2) is 9.00. The maximum Gasteiger partial charge on any atom is 0.280 e. The summed E-state index contributed by atoms with van der Waals surface area (Å²) in [6.45, 7) is 2.04. The first-order valence-corrected chi connectivity index (χ1v) is 9.95. The summed E-state index contributed by atoms with van der Waals surface area (Å²) in [5.41, 5.74) is 1.93. The second-order valence-electron chi connectivity index (χ2n) is 6.37. The molecule has 156 valence electrons. The van der Waals surface area contributed by atoms with Gasteiger partial charge in [-0.05, 0) is 42.0 Å². The normalized spacial score (nSPS) is 16.4. The Labute approximate surface area is 178 Å². The van der Waals surface area contributed by atoms with E-state index in [1.165, 1.54) is 49.1 Å². The van der Waals surface area contributed by atoms with Gasteiger partial charge in [0, 0.05) is 7.05 Å². The third-order valence-corrected chi connectivity index (χ3v) is 5.67. The van der Waals surface area contributed by atoms with E-state index in [0.717, 1.165) is 17.7 Å². The van der Waals surface area contributed by atoms with Crippen LogP contribution in [-0.4, -0.2) is 42.2 Å². The molecule has 0 N–H and O–H groups in total. The van der Waals surface area contributed by atoms with Gasteiger partial charge in [0.15, 0.2) is 16.7 Å². The molecule has 1 saturated heterocycles. The van der Waals surface area contributed by atoms with Crippen LogP contribution in [0, 0.1) is 10.1 Å². The summed E-state index contributed by atoms with van der Waals surface area (Å²) in [7, 11) is 4.48. The number of hydrogen-bond acceptors (Lipinski definition) is 7. The summed E-state index contributed by atoms with van der Waals surface area (Å²) >= 11 is 1.17. The van der Waals surface area contributed by atoms with Crippen molar-refractivity contribution in [1.82, 2.24) is 4.90 Å². The molecule has 1 amide bonds. The lowest BCUT2D eigenvalue weighted by Gasteiger charge is -2.09. The molecule has 0 aromatic heterocycles. The van der Waals surface area contributed by atoms with Crippen LogP contribution in [0.2, 0.25) is 0 Å². The minimum Gasteiger partial charge on any atom is -0.493 e. The number of para-hydroxylation sites is 1. The number of nitrogens with zero attached hydrogens (tertiary/aromatic N) is 3. The van der Waals surface area contributed by atoms with Crippen molar-refractivity contribution in [2.45, 2.75) is 13.3 Å². The number of carbonyl (C=O) groups excluding carboxylic acids is 1. The quantitative estimate of drug-likeness (QED) is 0.385. The maximum atomic E-state index is 12.8. The van der Waals surface area contributed by atoms with Gasteiger partial charge in [-0.25, -0.2) is 4.99 Å². The van der Waals surface area contributed by atoms with Crippen LogP contribution >= 0.6 is 11.8 Å². The van der Waals surface area contributed by atoms with Gasteiger partial charge in [-0.15, -0.1) is 0 Å². The standard InChI is InChI=1S/C21H21N3O5S/c1-5-13-8-6-7-9-15(13)22-21-23(2)20(25)19(30-21)11-14-10-17(28-3)18(29-4)12-16(14)24(26)27/h6-12H,5H2,1-4H3/b19-11+,22-21?. The van der Waals surface area contributed by atoms with Crippen LogP contribution in [0.3, 0.4) is 0 Å². The summed E-state index contributed by atoms with van der Waals surface area (Å²) in [6.07, 6.45) is 2.30. The number of amides is 1. The molecule has 0 spiro atoms. The Kier molecular flexibility index (Phi) is 6.41. The molecule has 1 aliphatic rings. The molecule has 0 atom stereocenters. The fraction of sp³-hybridized carbons (Fsp3) is 0.238. The van der Waals surface area contributed by atoms with Gasteiger partial charge in [-0.1, -0.05) is 25.1 Å². The summed E-state index contributed by atoms with van der Waals surface area (Å²) < 4.78 is 10.4. The first kappa shape index (κ1) is 21.4. The van der Waals surface area contributed by atoms with Crippen LogP contribution in [0.1, 0.15) is 18.1 Å². The number of benzene rings is 2. The van der Waals surface area contributed by atoms with Gasteiger partial charge >= 0.3 is 0 Å². The minimum atomic E-state index is -0.519. The molecule has 2 aromatic carbocycles. The Morgan fingerprint density at radius 2 is 1.87 bits per heavy atom. The van der Waals surface area contributed by atoms with E-state index in [1.807, 2.05) is 31.2 Å². The number of hydrogen-bond donors (Lipinski definition) is 0. The highest BCUT2D eigenvalue weighted by Crippen LogP contribution is 2.39. The lowest BCUT2D eigenvalue weighted by atomic mass is 10.1. The molecule has 30 heavy (non-hydrogen) atoms. The highest BCUT2D eigenvalue weighted by atomic mass is 32.2. The Morgan fingerprint density at radius 1 is 1.20 bits per heavy atom. The maximum absolute atomic E-state index is 12.8. The van der Waals surface area contributed by atoms with Gasteiger partial charge in [0.1, 0.15) is 0 Å². The van der Waals surface area contributed by atoms with E-state index in [-0.39, 0.29) is 22.9 Å². The van der Waals surface area contributed by atoms with E-state index < -0.39 is 4.92 Å². The van der Waals surface area contributed by atoms with Gasteiger partial charge in [0.05, 0.1) is 41.4 Å². The van der Waals surface area contributed by atoms with Crippen molar-refractivity contribution in [1.29, 1.82) is 0 Å². The molecule has 9 heteroatoms. The van der Waals surface area contributed by atoms with Crippen molar-refractivity contribution in [3.05, 3.63) is 62.5 Å². The largest absolute Gasteiger partial charge is 0.493 e. The van der Waals surface area contributed by atoms with Crippen LogP contribution in [0.5, 0.6) is 11.5 Å². The summed E-state index contributed by atoms with van der Waals surface area (Å²) in [5, 5.41) is 12.0. The predicted molar refractivity (Wildman–Crippen MR) is 117 cm³/mol. The molecule has 1 aliphatic heterocycles. The average Bonchev–Trinajstić information content (AvgIpc) is 3.01. The monoisotopic (exact) mass is 427 g/mol. The first-order chi connectivity index (χ1) is 14.4. The lowest BCUT2D eigenvalue weighted by molar-refractivity contribution is -0.385. The lowest BCUT2D eigenvalue weighted by Crippen LogP contribution is -2.23. The number of thioether (sulfide) groups is 1. The summed E-state index contributed by atoms with van der Waals surface area (Å²) in [6, 6.07) is 10.5. The van der Waals surface area contributed by atoms with Gasteiger partial charge in [-0.3, -0.25) is 19.8 Å². The number of methoxy groups -OCH3 is 2. The smallest absolute Gasteiger partial charge is 0.280 e. The van der Waals surface area contributed by atoms with Crippen LogP contribution in [0.15, 0.2) is 46.3 Å². The van der Waals surface area contributed by atoms with Gasteiger partial charge in [0.25, 0.3) is 11.6 Å². The molecule has 0 saturated carbocycles. The van der Waals surface area contributed by atoms with E-state index in [9.17, 15) is 14.9 Å². The Balaban J connectivity index is 2.04. The molecule has 0 bridgehead atoms. The number of rotatable bonds is 6. The Hall–Kier alpha value is -3.33. The van der Waals surface area contributed by atoms with Crippen molar-refractivity contribution in [3.8, 4) is 11.5 Å². The molecule has 2 aromatic rings. The number of likely N-dealkylation sites (N-methyl/N-ethyl adjacent to an activating group) is 1. The highest BCUT2D eigenvalue weighted by molar-refractivity contribution is 8.18. The van der Waals surface area contributed by atoms with Crippen molar-refractivity contribution in [2.24, 2.45) is 4.99 Å². The molecular formula is C21H21N3O5S. The topological polar surface area (TPSA) is 94.3 Å². The average molecular weight is 427 g/mol. The molecule has 0 unspecified atom stereocenters. The van der Waals surface area contributed by atoms with Crippen molar-refractivity contribution in [2.75, 3.05) is 21.3 Å². The number of aryl methyl sites for hydroxylation is 1. The fourth-order valence-corrected chi connectivity index (χ4v) is 3.94. The third-order valence-electron chi connectivity index (χ3n) is 4.61. The molecule has 1 heterocycles. The zero-order chi connectivity index (χ0) is 21.8. The van der Waals surface area contributed by atoms with E-state index in [0.29, 0.717) is 15.8 Å². The first-order valence-electron chi connectivity index (χ1n) is 9.14. The number of nitro benzene ring substituents is 1. The summed E-state index contributed by atoms with van der Waals surface area (Å²) in [5.74, 6) is 0.300. The van der Waals surface area contributed by atoms with Crippen LogP contribution in [0.4, 0.5) is 11.4 Å². The minimum absolute atomic E-state index is 0.182. The van der Waals surface area contributed by atoms with Crippen LogP contribution in [-0.2, 0) is 11.2 Å². The second-order valence-corrected chi connectivity index (χ2v) is 7.38. The van der Waals surface area contributed by atoms with Crippen LogP contribution < -0.4 is 9.47 Å². The molecular weight excluding hydrogens is 406 g/mol. The predicted octanol–water partition coefficient (Wildman–Crippen LogP) is 4.41. The number of nitro groups is 1. The molecule has 1 fully saturated rings. The molecule has 8 nitrogen and oxygen atoms in total. The van der Waals surface area contributed by atoms with Crippen molar-refractivity contribution >= 4 is 40.3 Å². The van der Waals surface area contributed by atoms with Gasteiger partial charge < -0.3 is 9.47 Å². The number of ether oxygens (including phenoxy) is 2. The molecule has 0 radical (unpaired) electrons. The zero-order valence-corrected chi connectivity index (χ0v) is 17.9. The van der Waals surface area contributed by atoms with E-state index in [1.54, 1.807) is 7.05 Å². The number of amidine groups is 1. The molecule has 3 rings (SSSR count). The van der Waals surface area contributed by atoms with Gasteiger partial charge in [0.2, 0.25) is 0 Å². The fourth-order valence-electron chi connectivity index (χ4n) is 2.97. The highest BCUT2D eigenvalue weighted by Gasteiger charge is 2.31.